The lowest BCUT2D eigenvalue weighted by Crippen LogP contribution is -2.71. The molecule has 1 unspecified atom stereocenters. The summed E-state index contributed by atoms with van der Waals surface area (Å²) >= 11 is 2.56. The number of thioether (sulfide) groups is 1. The van der Waals surface area contributed by atoms with Gasteiger partial charge in [0.1, 0.15) is 24.0 Å². The lowest BCUT2D eigenvalue weighted by molar-refractivity contribution is -0.873. The van der Waals surface area contributed by atoms with E-state index in [1.54, 1.807) is 30.7 Å². The standard InChI is InChI=1S/C22H29N3O8S2/c1-22(2)16(21(32)33-12(8-13(26)27)9-25(3,4)5)24-18(29)15(19(24)35-22)23-17(28)14(20(30)31)11-6-7-34-10-11/h6-7,10,12,14-16,19H,8-9H2,1-5H3,(H2-,23,26,27,28,30,31)/p+1/t12?,14-,15-,16+,19-/m1/s1. The van der Waals surface area contributed by atoms with Gasteiger partial charge in [0.25, 0.3) is 0 Å². The molecule has 2 aliphatic heterocycles. The van der Waals surface area contributed by atoms with Crippen molar-refractivity contribution in [1.82, 2.24) is 10.2 Å². The van der Waals surface area contributed by atoms with Crippen molar-refractivity contribution in [3.8, 4) is 0 Å². The second-order valence-corrected chi connectivity index (χ2v) is 12.8. The first-order valence-corrected chi connectivity index (χ1v) is 12.7. The van der Waals surface area contributed by atoms with Crippen molar-refractivity contribution >= 4 is 52.8 Å². The Labute approximate surface area is 211 Å². The Kier molecular flexibility index (Phi) is 7.53. The number of esters is 1. The van der Waals surface area contributed by atoms with E-state index in [1.165, 1.54) is 28.0 Å². The highest BCUT2D eigenvalue weighted by Gasteiger charge is 2.65. The number of thiophene rings is 1. The molecule has 3 rings (SSSR count). The molecule has 192 valence electrons. The second-order valence-electron chi connectivity index (χ2n) is 10.2. The van der Waals surface area contributed by atoms with Gasteiger partial charge in [-0.25, -0.2) is 4.79 Å². The maximum atomic E-state index is 13.2. The zero-order chi connectivity index (χ0) is 26.3. The summed E-state index contributed by atoms with van der Waals surface area (Å²) in [5, 5.41) is 24.0. The number of amides is 2. The Hall–Kier alpha value is -2.64. The van der Waals surface area contributed by atoms with E-state index in [2.05, 4.69) is 5.32 Å². The summed E-state index contributed by atoms with van der Waals surface area (Å²) in [5.41, 5.74) is 0.325. The van der Waals surface area contributed by atoms with Gasteiger partial charge in [-0.15, -0.1) is 11.8 Å². The average molecular weight is 529 g/mol. The molecule has 35 heavy (non-hydrogen) atoms. The Morgan fingerprint density at radius 2 is 1.89 bits per heavy atom. The van der Waals surface area contributed by atoms with Gasteiger partial charge in [-0.2, -0.15) is 11.3 Å². The van der Waals surface area contributed by atoms with Crippen LogP contribution in [0.25, 0.3) is 0 Å². The van der Waals surface area contributed by atoms with Crippen molar-refractivity contribution < 1.29 is 43.4 Å². The molecule has 1 aromatic rings. The fraction of sp³-hybridized carbons (Fsp3) is 0.591. The number of hydrogen-bond acceptors (Lipinski definition) is 8. The highest BCUT2D eigenvalue weighted by atomic mass is 32.2. The normalized spacial score (nSPS) is 24.7. The lowest BCUT2D eigenvalue weighted by Gasteiger charge is -2.44. The first-order chi connectivity index (χ1) is 16.1. The van der Waals surface area contributed by atoms with Crippen molar-refractivity contribution in [3.05, 3.63) is 22.4 Å². The molecule has 5 atom stereocenters. The van der Waals surface area contributed by atoms with Crippen LogP contribution in [-0.4, -0.2) is 105 Å². The van der Waals surface area contributed by atoms with Gasteiger partial charge in [0.2, 0.25) is 11.8 Å². The smallest absolute Gasteiger partial charge is 0.330 e. The molecule has 0 aromatic carbocycles. The molecule has 2 aliphatic rings. The maximum Gasteiger partial charge on any atom is 0.330 e. The minimum absolute atomic E-state index is 0.271. The Morgan fingerprint density at radius 1 is 1.23 bits per heavy atom. The Morgan fingerprint density at radius 3 is 2.40 bits per heavy atom. The third-order valence-corrected chi connectivity index (χ3v) is 8.06. The van der Waals surface area contributed by atoms with Crippen LogP contribution < -0.4 is 5.32 Å². The maximum absolute atomic E-state index is 13.2. The van der Waals surface area contributed by atoms with Crippen LogP contribution in [-0.2, 0) is 28.7 Å². The zero-order valence-electron chi connectivity index (χ0n) is 20.1. The van der Waals surface area contributed by atoms with E-state index in [-0.39, 0.29) is 13.0 Å². The molecule has 0 aliphatic carbocycles. The van der Waals surface area contributed by atoms with E-state index in [1.807, 2.05) is 21.1 Å². The first kappa shape index (κ1) is 27.0. The second kappa shape index (κ2) is 9.78. The van der Waals surface area contributed by atoms with Gasteiger partial charge in [0.05, 0.1) is 27.6 Å². The highest BCUT2D eigenvalue weighted by Crippen LogP contribution is 2.51. The van der Waals surface area contributed by atoms with E-state index in [0.717, 1.165) is 0 Å². The molecule has 0 spiro atoms. The molecule has 3 heterocycles. The highest BCUT2D eigenvalue weighted by molar-refractivity contribution is 8.01. The number of carbonyl (C=O) groups excluding carboxylic acids is 3. The molecular weight excluding hydrogens is 498 g/mol. The number of β-lactam (4-membered cyclic amide) rings is 1. The number of nitrogens with zero attached hydrogens (tertiary/aromatic N) is 2. The van der Waals surface area contributed by atoms with Gasteiger partial charge in [0.15, 0.2) is 12.0 Å². The summed E-state index contributed by atoms with van der Waals surface area (Å²) in [6.45, 7) is 3.81. The summed E-state index contributed by atoms with van der Waals surface area (Å²) in [7, 11) is 5.54. The molecule has 3 N–H and O–H groups in total. The molecule has 0 saturated carbocycles. The number of rotatable bonds is 10. The van der Waals surface area contributed by atoms with Crippen LogP contribution in [0.3, 0.4) is 0 Å². The molecule has 0 bridgehead atoms. The van der Waals surface area contributed by atoms with Crippen molar-refractivity contribution in [3.63, 3.8) is 0 Å². The van der Waals surface area contributed by atoms with E-state index < -0.39 is 63.9 Å². The molecule has 2 amide bonds. The molecule has 1 aromatic heterocycles. The van der Waals surface area contributed by atoms with Crippen molar-refractivity contribution in [2.75, 3.05) is 27.7 Å². The molecule has 11 nitrogen and oxygen atoms in total. The van der Waals surface area contributed by atoms with E-state index in [9.17, 15) is 34.2 Å². The number of aliphatic carboxylic acids is 2. The molecule has 0 radical (unpaired) electrons. The van der Waals surface area contributed by atoms with Gasteiger partial charge >= 0.3 is 17.9 Å². The molecule has 2 saturated heterocycles. The van der Waals surface area contributed by atoms with E-state index in [4.69, 9.17) is 4.74 Å². The Balaban J connectivity index is 1.73. The number of nitrogens with one attached hydrogen (secondary N) is 1. The molecular formula is C22H30N3O8S2+. The third-order valence-electron chi connectivity index (χ3n) is 5.78. The van der Waals surface area contributed by atoms with Crippen molar-refractivity contribution in [1.29, 1.82) is 0 Å². The van der Waals surface area contributed by atoms with Gasteiger partial charge in [-0.3, -0.25) is 19.2 Å². The summed E-state index contributed by atoms with van der Waals surface area (Å²) in [6.07, 6.45) is -1.25. The van der Waals surface area contributed by atoms with Crippen LogP contribution in [0.15, 0.2) is 16.8 Å². The number of hydrogen-bond donors (Lipinski definition) is 3. The van der Waals surface area contributed by atoms with Gasteiger partial charge in [-0.1, -0.05) is 0 Å². The van der Waals surface area contributed by atoms with Crippen molar-refractivity contribution in [2.45, 2.75) is 54.5 Å². The minimum Gasteiger partial charge on any atom is -0.481 e. The number of likely N-dealkylation sites (N-methyl/N-ethyl adjacent to an activating group) is 1. The van der Waals surface area contributed by atoms with Crippen LogP contribution in [0, 0.1) is 0 Å². The van der Waals surface area contributed by atoms with E-state index in [0.29, 0.717) is 10.0 Å². The summed E-state index contributed by atoms with van der Waals surface area (Å²) < 4.78 is 5.19. The topological polar surface area (TPSA) is 150 Å². The number of quaternary nitrogens is 1. The van der Waals surface area contributed by atoms with Gasteiger partial charge < -0.3 is 29.6 Å². The van der Waals surface area contributed by atoms with E-state index >= 15 is 0 Å². The quantitative estimate of drug-likeness (QED) is 0.171. The molecule has 13 heteroatoms. The van der Waals surface area contributed by atoms with Gasteiger partial charge in [-0.05, 0) is 36.2 Å². The predicted octanol–water partition coefficient (Wildman–Crippen LogP) is 0.556. The minimum atomic E-state index is -1.45. The van der Waals surface area contributed by atoms with Crippen LogP contribution in [0.2, 0.25) is 0 Å². The average Bonchev–Trinajstić information content (AvgIpc) is 3.28. The van der Waals surface area contributed by atoms with Crippen LogP contribution in [0.1, 0.15) is 31.7 Å². The number of carbonyl (C=O) groups is 5. The lowest BCUT2D eigenvalue weighted by atomic mass is 9.95. The van der Waals surface area contributed by atoms with Crippen LogP contribution >= 0.6 is 23.1 Å². The SMILES string of the molecule is CC1(C)S[C@@H]2[C@H](NC(=O)[C@H](C(=O)O)c3ccsc3)C(=O)N2[C@H]1C(=O)OC(CC(=O)O)C[N+](C)(C)C. The predicted molar refractivity (Wildman–Crippen MR) is 128 cm³/mol. The summed E-state index contributed by atoms with van der Waals surface area (Å²) in [5.74, 6) is -5.90. The first-order valence-electron chi connectivity index (χ1n) is 10.9. The third kappa shape index (κ3) is 5.78. The summed E-state index contributed by atoms with van der Waals surface area (Å²) in [4.78, 5) is 63.2. The van der Waals surface area contributed by atoms with Crippen LogP contribution in [0.4, 0.5) is 0 Å². The van der Waals surface area contributed by atoms with Crippen LogP contribution in [0.5, 0.6) is 0 Å². The largest absolute Gasteiger partial charge is 0.481 e. The zero-order valence-corrected chi connectivity index (χ0v) is 21.7. The fourth-order valence-electron chi connectivity index (χ4n) is 4.39. The summed E-state index contributed by atoms with van der Waals surface area (Å²) in [6, 6.07) is -0.415. The fourth-order valence-corrected chi connectivity index (χ4v) is 6.69. The Bertz CT molecular complexity index is 1020. The number of ether oxygens (including phenoxy) is 1. The monoisotopic (exact) mass is 528 g/mol. The van der Waals surface area contributed by atoms with Gasteiger partial charge in [0, 0.05) is 4.75 Å². The number of fused-ring (bicyclic) bond motifs is 1. The van der Waals surface area contributed by atoms with Crippen molar-refractivity contribution in [2.24, 2.45) is 0 Å². The number of carboxylic acid groups (broad SMARTS) is 2. The number of carboxylic acids is 2. The molecule has 2 fully saturated rings.